The first-order valence-electron chi connectivity index (χ1n) is 10.4. The number of thioether (sulfide) groups is 1. The number of aliphatic imine (C=N–C) groups is 1. The molecule has 2 aromatic carbocycles. The van der Waals surface area contributed by atoms with Gasteiger partial charge in [0, 0.05) is 27.5 Å². The van der Waals surface area contributed by atoms with Crippen molar-refractivity contribution < 1.29 is 4.79 Å². The van der Waals surface area contributed by atoms with E-state index in [9.17, 15) is 4.79 Å². The van der Waals surface area contributed by atoms with Crippen LogP contribution in [0.15, 0.2) is 97.4 Å². The van der Waals surface area contributed by atoms with Crippen LogP contribution < -0.4 is 0 Å². The Kier molecular flexibility index (Phi) is 6.19. The van der Waals surface area contributed by atoms with Gasteiger partial charge in [0.05, 0.1) is 10.6 Å². The molecule has 0 saturated carbocycles. The minimum Gasteiger partial charge on any atom is -0.302 e. The number of hydrogen-bond acceptors (Lipinski definition) is 4. The molecular formula is C25H18BrClN4OS. The molecule has 1 aliphatic carbocycles. The van der Waals surface area contributed by atoms with E-state index in [1.807, 2.05) is 78.2 Å². The molecule has 0 bridgehead atoms. The monoisotopic (exact) mass is 536 g/mol. The number of carbonyl (C=O) groups is 1. The Morgan fingerprint density at radius 1 is 1.06 bits per heavy atom. The van der Waals surface area contributed by atoms with Crippen molar-refractivity contribution >= 4 is 56.5 Å². The van der Waals surface area contributed by atoms with Gasteiger partial charge in [0.2, 0.25) is 0 Å². The third-order valence-corrected chi connectivity index (χ3v) is 7.49. The second-order valence-electron chi connectivity index (χ2n) is 7.45. The molecule has 1 unspecified atom stereocenters. The van der Waals surface area contributed by atoms with Crippen LogP contribution in [0.4, 0.5) is 0 Å². The maximum Gasteiger partial charge on any atom is 0.284 e. The van der Waals surface area contributed by atoms with Crippen LogP contribution in [0.2, 0.25) is 0 Å². The Labute approximate surface area is 209 Å². The number of benzene rings is 2. The second-order valence-corrected chi connectivity index (χ2v) is 9.71. The van der Waals surface area contributed by atoms with Crippen molar-refractivity contribution in [1.29, 1.82) is 0 Å². The molecule has 2 heterocycles. The Morgan fingerprint density at radius 3 is 2.58 bits per heavy atom. The summed E-state index contributed by atoms with van der Waals surface area (Å²) in [6.07, 6.45) is 5.52. The highest BCUT2D eigenvalue weighted by molar-refractivity contribution is 9.10. The molecule has 5 nitrogen and oxygen atoms in total. The summed E-state index contributed by atoms with van der Waals surface area (Å²) in [4.78, 5) is 18.1. The van der Waals surface area contributed by atoms with E-state index in [0.717, 1.165) is 27.0 Å². The van der Waals surface area contributed by atoms with E-state index in [2.05, 4.69) is 31.1 Å². The first-order valence-corrected chi connectivity index (χ1v) is 12.4. The number of dihydropyridines is 1. The lowest BCUT2D eigenvalue weighted by Gasteiger charge is -2.26. The lowest BCUT2D eigenvalue weighted by Crippen LogP contribution is -2.23. The SMILES string of the molecule is CCn1c(SC2=C(c3ccccc3)C3C=C(Cl)C=CC3=NC2=O)nnc1-c1ccccc1Br. The second kappa shape index (κ2) is 9.25. The van der Waals surface area contributed by atoms with Crippen LogP contribution in [-0.4, -0.2) is 26.4 Å². The van der Waals surface area contributed by atoms with E-state index >= 15 is 0 Å². The van der Waals surface area contributed by atoms with E-state index in [4.69, 9.17) is 11.6 Å². The summed E-state index contributed by atoms with van der Waals surface area (Å²) in [5.74, 6) is 0.255. The van der Waals surface area contributed by atoms with Crippen LogP contribution in [0.1, 0.15) is 12.5 Å². The van der Waals surface area contributed by atoms with Crippen LogP contribution in [0.3, 0.4) is 0 Å². The predicted octanol–water partition coefficient (Wildman–Crippen LogP) is 6.52. The van der Waals surface area contributed by atoms with Gasteiger partial charge in [-0.15, -0.1) is 10.2 Å². The number of aromatic nitrogens is 3. The van der Waals surface area contributed by atoms with Crippen molar-refractivity contribution in [3.63, 3.8) is 0 Å². The molecule has 0 saturated heterocycles. The summed E-state index contributed by atoms with van der Waals surface area (Å²) in [5.41, 5.74) is 3.47. The van der Waals surface area contributed by atoms with E-state index < -0.39 is 0 Å². The van der Waals surface area contributed by atoms with E-state index in [0.29, 0.717) is 27.4 Å². The number of amides is 1. The van der Waals surface area contributed by atoms with Gasteiger partial charge in [0.1, 0.15) is 0 Å². The number of rotatable bonds is 5. The molecule has 0 fully saturated rings. The lowest BCUT2D eigenvalue weighted by atomic mass is 9.84. The summed E-state index contributed by atoms with van der Waals surface area (Å²) >= 11 is 11.3. The molecular weight excluding hydrogens is 520 g/mol. The highest BCUT2D eigenvalue weighted by Crippen LogP contribution is 2.43. The van der Waals surface area contributed by atoms with Gasteiger partial charge in [-0.3, -0.25) is 4.79 Å². The topological polar surface area (TPSA) is 60.1 Å². The molecule has 5 rings (SSSR count). The first-order chi connectivity index (χ1) is 16.1. The maximum atomic E-state index is 13.2. The molecule has 2 aliphatic rings. The van der Waals surface area contributed by atoms with Gasteiger partial charge in [-0.2, -0.15) is 0 Å². The molecule has 8 heteroatoms. The summed E-state index contributed by atoms with van der Waals surface area (Å²) in [6.45, 7) is 2.69. The Bertz CT molecular complexity index is 1370. The minimum absolute atomic E-state index is 0.203. The normalized spacial score (nSPS) is 17.7. The van der Waals surface area contributed by atoms with Gasteiger partial charge in [0.15, 0.2) is 11.0 Å². The Hall–Kier alpha value is -2.74. The lowest BCUT2D eigenvalue weighted by molar-refractivity contribution is -0.113. The predicted molar refractivity (Wildman–Crippen MR) is 137 cm³/mol. The van der Waals surface area contributed by atoms with Gasteiger partial charge in [-0.05, 0) is 48.0 Å². The first kappa shape index (κ1) is 22.1. The average Bonchev–Trinajstić information content (AvgIpc) is 3.23. The third-order valence-electron chi connectivity index (χ3n) is 5.46. The Balaban J connectivity index is 1.64. The molecule has 1 amide bonds. The molecule has 3 aromatic rings. The molecule has 1 aliphatic heterocycles. The molecule has 0 spiro atoms. The van der Waals surface area contributed by atoms with E-state index in [1.165, 1.54) is 11.8 Å². The zero-order valence-electron chi connectivity index (χ0n) is 17.6. The zero-order valence-corrected chi connectivity index (χ0v) is 20.7. The van der Waals surface area contributed by atoms with Gasteiger partial charge in [0.25, 0.3) is 5.91 Å². The Morgan fingerprint density at radius 2 is 1.82 bits per heavy atom. The average molecular weight is 538 g/mol. The molecule has 164 valence electrons. The highest BCUT2D eigenvalue weighted by atomic mass is 79.9. The fourth-order valence-corrected chi connectivity index (χ4v) is 5.67. The standard InChI is InChI=1S/C25H18BrClN4OS/c1-2-31-23(17-10-6-7-11-19(17)26)29-30-25(31)33-22-21(15-8-4-3-5-9-15)18-14-16(27)12-13-20(18)28-24(22)32/h3-14,18H,2H2,1H3. The quantitative estimate of drug-likeness (QED) is 0.372. The van der Waals surface area contributed by atoms with Crippen molar-refractivity contribution in [2.75, 3.05) is 0 Å². The fourth-order valence-electron chi connectivity index (χ4n) is 3.94. The van der Waals surface area contributed by atoms with Crippen molar-refractivity contribution in [1.82, 2.24) is 14.8 Å². The van der Waals surface area contributed by atoms with Gasteiger partial charge < -0.3 is 4.57 Å². The largest absolute Gasteiger partial charge is 0.302 e. The molecule has 33 heavy (non-hydrogen) atoms. The minimum atomic E-state index is -0.283. The summed E-state index contributed by atoms with van der Waals surface area (Å²) in [7, 11) is 0. The van der Waals surface area contributed by atoms with Crippen LogP contribution in [0.5, 0.6) is 0 Å². The molecule has 0 N–H and O–H groups in total. The van der Waals surface area contributed by atoms with Crippen molar-refractivity contribution in [2.45, 2.75) is 18.6 Å². The fraction of sp³-hybridized carbons (Fsp3) is 0.120. The molecule has 1 aromatic heterocycles. The number of halogens is 2. The summed E-state index contributed by atoms with van der Waals surface area (Å²) in [6, 6.07) is 17.8. The van der Waals surface area contributed by atoms with E-state index in [-0.39, 0.29) is 11.8 Å². The van der Waals surface area contributed by atoms with Crippen molar-refractivity contribution in [3.05, 3.63) is 92.8 Å². The maximum absolute atomic E-state index is 13.2. The summed E-state index contributed by atoms with van der Waals surface area (Å²) in [5, 5.41) is 10.2. The van der Waals surface area contributed by atoms with Crippen molar-refractivity contribution in [2.24, 2.45) is 10.9 Å². The van der Waals surface area contributed by atoms with Crippen LogP contribution in [-0.2, 0) is 11.3 Å². The number of nitrogens with zero attached hydrogens (tertiary/aromatic N) is 4. The van der Waals surface area contributed by atoms with E-state index in [1.54, 1.807) is 6.08 Å². The number of fused-ring (bicyclic) bond motifs is 1. The summed E-state index contributed by atoms with van der Waals surface area (Å²) < 4.78 is 2.95. The van der Waals surface area contributed by atoms with Gasteiger partial charge in [-0.1, -0.05) is 82.1 Å². The van der Waals surface area contributed by atoms with Crippen LogP contribution >= 0.6 is 39.3 Å². The van der Waals surface area contributed by atoms with Crippen LogP contribution in [0, 0.1) is 5.92 Å². The van der Waals surface area contributed by atoms with Gasteiger partial charge in [-0.25, -0.2) is 4.99 Å². The van der Waals surface area contributed by atoms with Crippen LogP contribution in [0.25, 0.3) is 17.0 Å². The zero-order chi connectivity index (χ0) is 22.9. The van der Waals surface area contributed by atoms with Gasteiger partial charge >= 0.3 is 0 Å². The number of allylic oxidation sites excluding steroid dienone is 5. The number of carbonyl (C=O) groups excluding carboxylic acids is 1. The third kappa shape index (κ3) is 4.16. The highest BCUT2D eigenvalue weighted by Gasteiger charge is 2.33. The molecule has 1 atom stereocenters. The number of hydrogen-bond donors (Lipinski definition) is 0. The smallest absolute Gasteiger partial charge is 0.284 e. The molecule has 0 radical (unpaired) electrons. The van der Waals surface area contributed by atoms with Crippen molar-refractivity contribution in [3.8, 4) is 11.4 Å².